The fraction of sp³-hybridized carbons (Fsp3) is 0.906. The van der Waals surface area contributed by atoms with Crippen molar-refractivity contribution in [3.63, 3.8) is 0 Å². The zero-order chi connectivity index (χ0) is 36.8. The second-order valence-corrected chi connectivity index (χ2v) is 10.3. The number of carbonyl (C=O) groups excluding carboxylic acids is 2. The van der Waals surface area contributed by atoms with E-state index < -0.39 is 24.0 Å². The largest absolute Gasteiger partial charge is 0.480 e. The molecule has 0 aromatic rings. The highest BCUT2D eigenvalue weighted by atomic mass is 16.6. The van der Waals surface area contributed by atoms with Crippen LogP contribution in [0.2, 0.25) is 0 Å². The first-order chi connectivity index (χ1) is 24.4. The normalized spacial score (nSPS) is 12.5. The van der Waals surface area contributed by atoms with Crippen LogP contribution in [0, 0.1) is 0 Å². The molecule has 0 aliphatic carbocycles. The highest BCUT2D eigenvalue weighted by molar-refractivity contribution is 5.89. The molecule has 0 aliphatic rings. The number of carboxylic acids is 1. The van der Waals surface area contributed by atoms with Gasteiger partial charge >= 0.3 is 5.97 Å². The minimum atomic E-state index is -1.16. The highest BCUT2D eigenvalue weighted by Gasteiger charge is 2.20. The zero-order valence-corrected chi connectivity index (χ0v) is 30.2. The van der Waals surface area contributed by atoms with Crippen molar-refractivity contribution in [1.82, 2.24) is 10.6 Å². The fourth-order valence-electron chi connectivity index (χ4n) is 3.39. The molecule has 0 rings (SSSR count). The lowest BCUT2D eigenvalue weighted by molar-refractivity contribution is -0.141. The van der Waals surface area contributed by atoms with Gasteiger partial charge in [0.1, 0.15) is 12.1 Å². The maximum atomic E-state index is 11.9. The summed E-state index contributed by atoms with van der Waals surface area (Å²) in [5.74, 6) is -2.11. The van der Waals surface area contributed by atoms with Crippen LogP contribution in [0.1, 0.15) is 20.3 Å². The van der Waals surface area contributed by atoms with Gasteiger partial charge in [-0.25, -0.2) is 0 Å². The van der Waals surface area contributed by atoms with E-state index in [0.29, 0.717) is 145 Å². The summed E-state index contributed by atoms with van der Waals surface area (Å²) in [5.41, 5.74) is 0. The summed E-state index contributed by atoms with van der Waals surface area (Å²) in [4.78, 5) is 34.5. The summed E-state index contributed by atoms with van der Waals surface area (Å²) in [6.45, 7) is 13.4. The van der Waals surface area contributed by atoms with E-state index in [2.05, 4.69) is 10.6 Å². The van der Waals surface area contributed by atoms with E-state index in [-0.39, 0.29) is 18.9 Å². The molecule has 0 bridgehead atoms. The summed E-state index contributed by atoms with van der Waals surface area (Å²) < 4.78 is 64.5. The Morgan fingerprint density at radius 2 is 0.680 bits per heavy atom. The second kappa shape index (κ2) is 38.2. The summed E-state index contributed by atoms with van der Waals surface area (Å²) in [5, 5.41) is 13.6. The van der Waals surface area contributed by atoms with E-state index in [1.807, 2.05) is 0 Å². The van der Waals surface area contributed by atoms with Crippen LogP contribution >= 0.6 is 0 Å². The van der Waals surface area contributed by atoms with Crippen molar-refractivity contribution < 1.29 is 76.3 Å². The van der Waals surface area contributed by atoms with Crippen molar-refractivity contribution in [2.45, 2.75) is 32.4 Å². The lowest BCUT2D eigenvalue weighted by atomic mass is 10.2. The first-order valence-electron chi connectivity index (χ1n) is 17.0. The number of ether oxygens (including phenoxy) is 12. The predicted octanol–water partition coefficient (Wildman–Crippen LogP) is -0.700. The van der Waals surface area contributed by atoms with E-state index in [1.165, 1.54) is 13.8 Å². The molecule has 2 atom stereocenters. The molecule has 2 amide bonds. The number of rotatable bonds is 40. The van der Waals surface area contributed by atoms with Gasteiger partial charge < -0.3 is 72.6 Å². The Bertz CT molecular complexity index is 783. The quantitative estimate of drug-likeness (QED) is 0.0667. The zero-order valence-electron chi connectivity index (χ0n) is 30.2. The van der Waals surface area contributed by atoms with Gasteiger partial charge in [-0.05, 0) is 13.8 Å². The number of hydrogen-bond acceptors (Lipinski definition) is 15. The van der Waals surface area contributed by atoms with Crippen molar-refractivity contribution in [1.29, 1.82) is 0 Å². The molecule has 296 valence electrons. The molecule has 3 N–H and O–H groups in total. The molecule has 18 heteroatoms. The van der Waals surface area contributed by atoms with Crippen LogP contribution < -0.4 is 10.6 Å². The first kappa shape index (κ1) is 47.9. The Morgan fingerprint density at radius 1 is 0.420 bits per heavy atom. The van der Waals surface area contributed by atoms with Gasteiger partial charge in [-0.1, -0.05) is 0 Å². The summed E-state index contributed by atoms with van der Waals surface area (Å²) >= 11 is 0. The number of aliphatic carboxylic acids is 1. The topological polar surface area (TPSA) is 206 Å². The molecular formula is C32H62N2O16. The third-order valence-corrected chi connectivity index (χ3v) is 6.13. The molecular weight excluding hydrogens is 668 g/mol. The lowest BCUT2D eigenvalue weighted by Crippen LogP contribution is -2.49. The molecule has 0 aliphatic heterocycles. The molecule has 0 radical (unpaired) electrons. The van der Waals surface area contributed by atoms with Gasteiger partial charge in [-0.3, -0.25) is 14.4 Å². The van der Waals surface area contributed by atoms with Crippen molar-refractivity contribution in [2.75, 3.05) is 159 Å². The minimum Gasteiger partial charge on any atom is -0.480 e. The van der Waals surface area contributed by atoms with Gasteiger partial charge in [0.25, 0.3) is 0 Å². The van der Waals surface area contributed by atoms with Gasteiger partial charge in [-0.2, -0.15) is 0 Å². The number of carbonyl (C=O) groups is 3. The van der Waals surface area contributed by atoms with Crippen LogP contribution in [0.5, 0.6) is 0 Å². The summed E-state index contributed by atoms with van der Waals surface area (Å²) in [6, 6.07) is -1.90. The molecule has 0 aromatic carbocycles. The molecule has 0 unspecified atom stereocenters. The van der Waals surface area contributed by atoms with Crippen molar-refractivity contribution in [3.05, 3.63) is 0 Å². The SMILES string of the molecule is COCCOCCOCCOCCOCCOCCOCCOCCOCCOCCOCCOCCC(=O)N[C@H](C)C(=O)N[C@H](C)C(=O)O. The molecule has 0 fully saturated rings. The average molecular weight is 731 g/mol. The van der Waals surface area contributed by atoms with Crippen LogP contribution in [-0.2, 0) is 71.2 Å². The van der Waals surface area contributed by atoms with Crippen LogP contribution in [-0.4, -0.2) is 194 Å². The lowest BCUT2D eigenvalue weighted by Gasteiger charge is -2.16. The van der Waals surface area contributed by atoms with Gasteiger partial charge in [0.15, 0.2) is 0 Å². The summed E-state index contributed by atoms with van der Waals surface area (Å²) in [7, 11) is 1.64. The molecule has 50 heavy (non-hydrogen) atoms. The minimum absolute atomic E-state index is 0.0607. The number of amides is 2. The van der Waals surface area contributed by atoms with E-state index in [4.69, 9.17) is 61.9 Å². The maximum absolute atomic E-state index is 11.9. The standard InChI is InChI=1S/C32H62N2O16/c1-28(31(36)34-29(2)32(37)38)33-30(35)4-5-40-8-9-42-12-13-44-16-17-46-20-21-48-24-25-50-27-26-49-23-22-47-19-18-45-15-14-43-11-10-41-7-6-39-3/h28-29H,4-27H2,1-3H3,(H,33,35)(H,34,36)(H,37,38)/t28-,29-/m1/s1. The third-order valence-electron chi connectivity index (χ3n) is 6.13. The van der Waals surface area contributed by atoms with E-state index in [1.54, 1.807) is 7.11 Å². The third kappa shape index (κ3) is 35.7. The maximum Gasteiger partial charge on any atom is 0.325 e. The van der Waals surface area contributed by atoms with Gasteiger partial charge in [0.05, 0.1) is 152 Å². The van der Waals surface area contributed by atoms with Crippen molar-refractivity contribution in [2.24, 2.45) is 0 Å². The number of hydrogen-bond donors (Lipinski definition) is 3. The predicted molar refractivity (Wildman–Crippen MR) is 178 cm³/mol. The number of methoxy groups -OCH3 is 1. The Labute approximate surface area is 296 Å². The number of carboxylic acid groups (broad SMARTS) is 1. The van der Waals surface area contributed by atoms with Crippen LogP contribution in [0.15, 0.2) is 0 Å². The highest BCUT2D eigenvalue weighted by Crippen LogP contribution is 1.91. The average Bonchev–Trinajstić information content (AvgIpc) is 3.09. The second-order valence-electron chi connectivity index (χ2n) is 10.3. The Kier molecular flexibility index (Phi) is 36.6. The van der Waals surface area contributed by atoms with E-state index in [0.717, 1.165) is 0 Å². The Hall–Kier alpha value is -2.07. The summed E-state index contributed by atoms with van der Waals surface area (Å²) in [6.07, 6.45) is 0.0607. The first-order valence-corrected chi connectivity index (χ1v) is 17.0. The molecule has 0 aromatic heterocycles. The molecule has 0 saturated carbocycles. The monoisotopic (exact) mass is 730 g/mol. The number of nitrogens with one attached hydrogen (secondary N) is 2. The Morgan fingerprint density at radius 3 is 0.940 bits per heavy atom. The molecule has 0 heterocycles. The molecule has 0 spiro atoms. The van der Waals surface area contributed by atoms with Crippen molar-refractivity contribution >= 4 is 17.8 Å². The van der Waals surface area contributed by atoms with Crippen LogP contribution in [0.25, 0.3) is 0 Å². The Balaban J connectivity index is 3.22. The molecule has 18 nitrogen and oxygen atoms in total. The van der Waals surface area contributed by atoms with Gasteiger partial charge in [-0.15, -0.1) is 0 Å². The van der Waals surface area contributed by atoms with Crippen LogP contribution in [0.4, 0.5) is 0 Å². The molecule has 0 saturated heterocycles. The van der Waals surface area contributed by atoms with E-state index >= 15 is 0 Å². The van der Waals surface area contributed by atoms with Crippen LogP contribution in [0.3, 0.4) is 0 Å². The van der Waals surface area contributed by atoms with Gasteiger partial charge in [0.2, 0.25) is 11.8 Å². The van der Waals surface area contributed by atoms with E-state index in [9.17, 15) is 14.4 Å². The fourth-order valence-corrected chi connectivity index (χ4v) is 3.39. The van der Waals surface area contributed by atoms with Crippen molar-refractivity contribution in [3.8, 4) is 0 Å². The van der Waals surface area contributed by atoms with Gasteiger partial charge in [0, 0.05) is 13.5 Å². The smallest absolute Gasteiger partial charge is 0.325 e.